The molecule has 3 heteroatoms. The molecule has 0 radical (unpaired) electrons. The summed E-state index contributed by atoms with van der Waals surface area (Å²) < 4.78 is 0. The van der Waals surface area contributed by atoms with Crippen LogP contribution in [0.25, 0.3) is 0 Å². The van der Waals surface area contributed by atoms with Crippen molar-refractivity contribution in [1.82, 2.24) is 0 Å². The number of aliphatic hydroxyl groups is 2. The summed E-state index contributed by atoms with van der Waals surface area (Å²) in [7, 11) is 0. The second-order valence-corrected chi connectivity index (χ2v) is 5.14. The highest BCUT2D eigenvalue weighted by molar-refractivity contribution is 6.01. The molecule has 3 nitrogen and oxygen atoms in total. The van der Waals surface area contributed by atoms with Crippen molar-refractivity contribution in [3.8, 4) is 0 Å². The molecule has 0 fully saturated rings. The van der Waals surface area contributed by atoms with Crippen LogP contribution in [0.2, 0.25) is 0 Å². The topological polar surface area (TPSA) is 57.5 Å². The van der Waals surface area contributed by atoms with Gasteiger partial charge in [0.05, 0.1) is 18.1 Å². The SMILES string of the molecule is C=C(C)[C@H](O)CC/C(C)=C/[C@H]1C(=O)C(C)=C[C@@H]1O. The van der Waals surface area contributed by atoms with E-state index in [1.54, 1.807) is 19.9 Å². The minimum absolute atomic E-state index is 0.0118. The van der Waals surface area contributed by atoms with E-state index in [-0.39, 0.29) is 5.78 Å². The van der Waals surface area contributed by atoms with Crippen LogP contribution in [0.5, 0.6) is 0 Å². The highest BCUT2D eigenvalue weighted by atomic mass is 16.3. The molecule has 0 heterocycles. The molecular formula is C15H22O3. The van der Waals surface area contributed by atoms with Crippen LogP contribution >= 0.6 is 0 Å². The van der Waals surface area contributed by atoms with Gasteiger partial charge in [-0.15, -0.1) is 0 Å². The van der Waals surface area contributed by atoms with Gasteiger partial charge in [-0.25, -0.2) is 0 Å². The number of ketones is 1. The van der Waals surface area contributed by atoms with Gasteiger partial charge in [0.2, 0.25) is 0 Å². The minimum Gasteiger partial charge on any atom is -0.389 e. The molecule has 0 saturated carbocycles. The number of aliphatic hydroxyl groups excluding tert-OH is 2. The van der Waals surface area contributed by atoms with Gasteiger partial charge in [0.15, 0.2) is 5.78 Å². The first-order chi connectivity index (χ1) is 8.32. The Kier molecular flexibility index (Phi) is 5.05. The zero-order chi connectivity index (χ0) is 13.9. The lowest BCUT2D eigenvalue weighted by Gasteiger charge is -2.13. The summed E-state index contributed by atoms with van der Waals surface area (Å²) >= 11 is 0. The van der Waals surface area contributed by atoms with Gasteiger partial charge in [-0.05, 0) is 45.3 Å². The Bertz CT molecular complexity index is 404. The first kappa shape index (κ1) is 14.9. The molecule has 0 amide bonds. The van der Waals surface area contributed by atoms with Crippen molar-refractivity contribution in [2.24, 2.45) is 5.92 Å². The Balaban J connectivity index is 2.57. The fourth-order valence-corrected chi connectivity index (χ4v) is 2.03. The van der Waals surface area contributed by atoms with Crippen LogP contribution < -0.4 is 0 Å². The summed E-state index contributed by atoms with van der Waals surface area (Å²) in [5.74, 6) is -0.464. The Labute approximate surface area is 109 Å². The molecular weight excluding hydrogens is 228 g/mol. The van der Waals surface area contributed by atoms with Gasteiger partial charge in [-0.1, -0.05) is 23.8 Å². The maximum atomic E-state index is 11.8. The monoisotopic (exact) mass is 250 g/mol. The van der Waals surface area contributed by atoms with Crippen LogP contribution in [-0.2, 0) is 4.79 Å². The average molecular weight is 250 g/mol. The molecule has 0 aliphatic heterocycles. The predicted molar refractivity (Wildman–Crippen MR) is 72.1 cm³/mol. The van der Waals surface area contributed by atoms with Gasteiger partial charge in [-0.3, -0.25) is 4.79 Å². The summed E-state index contributed by atoms with van der Waals surface area (Å²) in [6.45, 7) is 9.13. The van der Waals surface area contributed by atoms with Crippen LogP contribution in [-0.4, -0.2) is 28.2 Å². The van der Waals surface area contributed by atoms with Crippen LogP contribution in [0.3, 0.4) is 0 Å². The Morgan fingerprint density at radius 3 is 2.61 bits per heavy atom. The van der Waals surface area contributed by atoms with Crippen molar-refractivity contribution in [3.63, 3.8) is 0 Å². The molecule has 1 aliphatic rings. The predicted octanol–water partition coefficient (Wildman–Crippen LogP) is 2.16. The van der Waals surface area contributed by atoms with Gasteiger partial charge in [0, 0.05) is 0 Å². The zero-order valence-corrected chi connectivity index (χ0v) is 11.3. The lowest BCUT2D eigenvalue weighted by molar-refractivity contribution is -0.118. The third-order valence-electron chi connectivity index (χ3n) is 3.33. The molecule has 1 aliphatic carbocycles. The van der Waals surface area contributed by atoms with E-state index in [4.69, 9.17) is 0 Å². The second-order valence-electron chi connectivity index (χ2n) is 5.14. The summed E-state index contributed by atoms with van der Waals surface area (Å²) in [6.07, 6.45) is 3.49. The van der Waals surface area contributed by atoms with E-state index in [2.05, 4.69) is 6.58 Å². The molecule has 0 aromatic heterocycles. The van der Waals surface area contributed by atoms with Gasteiger partial charge < -0.3 is 10.2 Å². The number of hydrogen-bond acceptors (Lipinski definition) is 3. The van der Waals surface area contributed by atoms with Crippen LogP contribution in [0.1, 0.15) is 33.6 Å². The molecule has 1 rings (SSSR count). The van der Waals surface area contributed by atoms with Crippen LogP contribution in [0, 0.1) is 5.92 Å². The molecule has 0 aromatic carbocycles. The quantitative estimate of drug-likeness (QED) is 0.735. The average Bonchev–Trinajstić information content (AvgIpc) is 2.52. The number of carbonyl (C=O) groups is 1. The number of hydrogen-bond donors (Lipinski definition) is 2. The van der Waals surface area contributed by atoms with Crippen molar-refractivity contribution in [1.29, 1.82) is 0 Å². The molecule has 0 aromatic rings. The number of rotatable bonds is 5. The van der Waals surface area contributed by atoms with E-state index in [0.717, 1.165) is 11.1 Å². The first-order valence-electron chi connectivity index (χ1n) is 6.24. The van der Waals surface area contributed by atoms with E-state index in [1.807, 2.05) is 13.0 Å². The Morgan fingerprint density at radius 2 is 2.17 bits per heavy atom. The third-order valence-corrected chi connectivity index (χ3v) is 3.33. The van der Waals surface area contributed by atoms with E-state index in [9.17, 15) is 15.0 Å². The van der Waals surface area contributed by atoms with Crippen molar-refractivity contribution in [3.05, 3.63) is 35.5 Å². The normalized spacial score (nSPS) is 26.2. The highest BCUT2D eigenvalue weighted by Gasteiger charge is 2.30. The standard InChI is InChI=1S/C15H22O3/c1-9(2)13(16)6-5-10(3)7-12-14(17)8-11(4)15(12)18/h7-8,12-14,16-17H,1,5-6H2,2-4H3/b10-7+/t12-,13-,14+/m1/s1. The van der Waals surface area contributed by atoms with E-state index in [1.165, 1.54) is 0 Å². The fraction of sp³-hybridized carbons (Fsp3) is 0.533. The molecule has 0 unspecified atom stereocenters. The smallest absolute Gasteiger partial charge is 0.168 e. The summed E-state index contributed by atoms with van der Waals surface area (Å²) in [6, 6.07) is 0. The minimum atomic E-state index is -0.710. The van der Waals surface area contributed by atoms with Gasteiger partial charge in [0.25, 0.3) is 0 Å². The van der Waals surface area contributed by atoms with E-state index >= 15 is 0 Å². The van der Waals surface area contributed by atoms with Gasteiger partial charge in [-0.2, -0.15) is 0 Å². The maximum absolute atomic E-state index is 11.8. The molecule has 2 N–H and O–H groups in total. The molecule has 0 spiro atoms. The van der Waals surface area contributed by atoms with Crippen LogP contribution in [0.15, 0.2) is 35.5 Å². The summed E-state index contributed by atoms with van der Waals surface area (Å²) in [5, 5.41) is 19.4. The Morgan fingerprint density at radius 1 is 1.56 bits per heavy atom. The molecule has 100 valence electrons. The molecule has 0 saturated heterocycles. The third kappa shape index (κ3) is 3.65. The van der Waals surface area contributed by atoms with E-state index in [0.29, 0.717) is 18.4 Å². The lowest BCUT2D eigenvalue weighted by atomic mass is 9.96. The summed E-state index contributed by atoms with van der Waals surface area (Å²) in [5.41, 5.74) is 2.38. The number of allylic oxidation sites excluding steroid dienone is 2. The maximum Gasteiger partial charge on any atom is 0.168 e. The van der Waals surface area contributed by atoms with Gasteiger partial charge >= 0.3 is 0 Å². The van der Waals surface area contributed by atoms with Crippen molar-refractivity contribution in [2.45, 2.75) is 45.8 Å². The number of carbonyl (C=O) groups excluding carboxylic acids is 1. The second kappa shape index (κ2) is 6.12. The Hall–Kier alpha value is -1.19. The largest absolute Gasteiger partial charge is 0.389 e. The lowest BCUT2D eigenvalue weighted by Crippen LogP contribution is -2.18. The molecule has 3 atom stereocenters. The highest BCUT2D eigenvalue weighted by Crippen LogP contribution is 2.25. The fourth-order valence-electron chi connectivity index (χ4n) is 2.03. The number of Topliss-reactive ketones (excluding diaryl/α,β-unsaturated/α-hetero) is 1. The summed E-state index contributed by atoms with van der Waals surface area (Å²) in [4.78, 5) is 11.8. The first-order valence-corrected chi connectivity index (χ1v) is 6.24. The van der Waals surface area contributed by atoms with Crippen LogP contribution in [0.4, 0.5) is 0 Å². The zero-order valence-electron chi connectivity index (χ0n) is 11.3. The van der Waals surface area contributed by atoms with E-state index < -0.39 is 18.1 Å². The van der Waals surface area contributed by atoms with Crippen molar-refractivity contribution >= 4 is 5.78 Å². The molecule has 18 heavy (non-hydrogen) atoms. The van der Waals surface area contributed by atoms with Crippen molar-refractivity contribution in [2.75, 3.05) is 0 Å². The van der Waals surface area contributed by atoms with Gasteiger partial charge in [0.1, 0.15) is 0 Å². The molecule has 0 bridgehead atoms. The van der Waals surface area contributed by atoms with Crippen molar-refractivity contribution < 1.29 is 15.0 Å².